The van der Waals surface area contributed by atoms with Gasteiger partial charge in [-0.1, -0.05) is 41.6 Å². The van der Waals surface area contributed by atoms with E-state index in [0.29, 0.717) is 12.4 Å². The zero-order valence-corrected chi connectivity index (χ0v) is 14.3. The summed E-state index contributed by atoms with van der Waals surface area (Å²) in [5.41, 5.74) is 7.86. The number of aromatic nitrogens is 1. The number of benzene rings is 1. The molecule has 2 N–H and O–H groups in total. The highest BCUT2D eigenvalue weighted by molar-refractivity contribution is 5.96. The first-order valence-electron chi connectivity index (χ1n) is 8.71. The summed E-state index contributed by atoms with van der Waals surface area (Å²) in [6.07, 6.45) is 9.43. The van der Waals surface area contributed by atoms with Gasteiger partial charge in [-0.3, -0.25) is 0 Å². The van der Waals surface area contributed by atoms with Crippen LogP contribution in [-0.4, -0.2) is 30.5 Å². The van der Waals surface area contributed by atoms with Crippen LogP contribution in [0.15, 0.2) is 59.9 Å². The van der Waals surface area contributed by atoms with Crippen molar-refractivity contribution in [2.75, 3.05) is 24.6 Å². The lowest BCUT2D eigenvalue weighted by Gasteiger charge is -2.27. The number of nitrogens with zero attached hydrogens (tertiary/aromatic N) is 3. The molecule has 0 atom stereocenters. The molecule has 25 heavy (non-hydrogen) atoms. The minimum absolute atomic E-state index is 0.339. The molecule has 1 aromatic heterocycles. The van der Waals surface area contributed by atoms with E-state index in [1.54, 1.807) is 6.20 Å². The first-order valence-corrected chi connectivity index (χ1v) is 8.71. The van der Waals surface area contributed by atoms with Crippen LogP contribution in [0.4, 0.5) is 5.82 Å². The quantitative estimate of drug-likeness (QED) is 0.380. The van der Waals surface area contributed by atoms with Crippen molar-refractivity contribution >= 4 is 17.7 Å². The fraction of sp³-hybridized carbons (Fsp3) is 0.300. The Morgan fingerprint density at radius 1 is 1.12 bits per heavy atom. The highest BCUT2D eigenvalue weighted by Crippen LogP contribution is 2.17. The lowest BCUT2D eigenvalue weighted by Crippen LogP contribution is -2.30. The molecule has 2 heterocycles. The molecule has 5 nitrogen and oxygen atoms in total. The van der Waals surface area contributed by atoms with Gasteiger partial charge in [-0.05, 0) is 43.0 Å². The van der Waals surface area contributed by atoms with Crippen molar-refractivity contribution in [2.24, 2.45) is 10.9 Å². The van der Waals surface area contributed by atoms with E-state index in [4.69, 9.17) is 10.6 Å². The summed E-state index contributed by atoms with van der Waals surface area (Å²) in [5.74, 6) is 1.34. The molecule has 0 spiro atoms. The summed E-state index contributed by atoms with van der Waals surface area (Å²) in [5, 5.41) is 3.96. The second-order valence-electron chi connectivity index (χ2n) is 6.04. The van der Waals surface area contributed by atoms with E-state index >= 15 is 0 Å². The lowest BCUT2D eigenvalue weighted by molar-refractivity contribution is 0.175. The highest BCUT2D eigenvalue weighted by Gasteiger charge is 2.12. The number of rotatable bonds is 6. The van der Waals surface area contributed by atoms with Gasteiger partial charge in [0.1, 0.15) is 12.4 Å². The summed E-state index contributed by atoms with van der Waals surface area (Å²) >= 11 is 0. The van der Waals surface area contributed by atoms with E-state index in [1.807, 2.05) is 54.6 Å². The molecular weight excluding hydrogens is 312 g/mol. The van der Waals surface area contributed by atoms with Gasteiger partial charge in [0.15, 0.2) is 5.84 Å². The van der Waals surface area contributed by atoms with Crippen LogP contribution in [0, 0.1) is 0 Å². The van der Waals surface area contributed by atoms with Crippen molar-refractivity contribution in [1.29, 1.82) is 0 Å². The van der Waals surface area contributed by atoms with Gasteiger partial charge in [0, 0.05) is 24.8 Å². The molecule has 1 aliphatic rings. The number of piperidine rings is 1. The van der Waals surface area contributed by atoms with E-state index in [1.165, 1.54) is 19.3 Å². The first-order chi connectivity index (χ1) is 12.3. The van der Waals surface area contributed by atoms with Gasteiger partial charge in [0.2, 0.25) is 0 Å². The van der Waals surface area contributed by atoms with Gasteiger partial charge in [0.25, 0.3) is 0 Å². The van der Waals surface area contributed by atoms with Crippen LogP contribution in [0.5, 0.6) is 0 Å². The second-order valence-corrected chi connectivity index (χ2v) is 6.04. The van der Waals surface area contributed by atoms with Crippen LogP contribution in [0.1, 0.15) is 30.4 Å². The molecule has 3 rings (SSSR count). The SMILES string of the molecule is N/C(=N/OC/C=C/c1ccccc1)c1ccc(N2CCCCC2)nc1. The third-order valence-electron chi connectivity index (χ3n) is 4.17. The molecule has 5 heteroatoms. The molecule has 130 valence electrons. The van der Waals surface area contributed by atoms with E-state index in [-0.39, 0.29) is 0 Å². The summed E-state index contributed by atoms with van der Waals surface area (Å²) in [4.78, 5) is 12.1. The number of hydrogen-bond donors (Lipinski definition) is 1. The van der Waals surface area contributed by atoms with Crippen molar-refractivity contribution in [2.45, 2.75) is 19.3 Å². The van der Waals surface area contributed by atoms with Gasteiger partial charge in [-0.15, -0.1) is 0 Å². The fourth-order valence-electron chi connectivity index (χ4n) is 2.80. The fourth-order valence-corrected chi connectivity index (χ4v) is 2.80. The van der Waals surface area contributed by atoms with Crippen LogP contribution in [-0.2, 0) is 4.84 Å². The van der Waals surface area contributed by atoms with E-state index in [0.717, 1.165) is 30.0 Å². The molecule has 1 aromatic carbocycles. The standard InChI is InChI=1S/C20H24N4O/c21-20(23-25-15-7-10-17-8-3-1-4-9-17)18-11-12-19(22-16-18)24-13-5-2-6-14-24/h1,3-4,7-12,16H,2,5-6,13-15H2,(H2,21,23)/b10-7+. The molecule has 0 saturated carbocycles. The summed E-state index contributed by atoms with van der Waals surface area (Å²) in [6.45, 7) is 2.52. The predicted octanol–water partition coefficient (Wildman–Crippen LogP) is 3.42. The van der Waals surface area contributed by atoms with Crippen molar-refractivity contribution in [3.8, 4) is 0 Å². The molecule has 1 fully saturated rings. The van der Waals surface area contributed by atoms with Gasteiger partial charge >= 0.3 is 0 Å². The number of hydrogen-bond acceptors (Lipinski definition) is 4. The Bertz CT molecular complexity index is 704. The number of amidine groups is 1. The first kappa shape index (κ1) is 17.0. The van der Waals surface area contributed by atoms with Gasteiger partial charge in [0.05, 0.1) is 0 Å². The van der Waals surface area contributed by atoms with Gasteiger partial charge < -0.3 is 15.5 Å². The maximum atomic E-state index is 5.96. The molecular formula is C20H24N4O. The third kappa shape index (κ3) is 5.08. The number of nitrogens with two attached hydrogens (primary N) is 1. The van der Waals surface area contributed by atoms with Crippen LogP contribution in [0.25, 0.3) is 6.08 Å². The zero-order chi connectivity index (χ0) is 17.3. The summed E-state index contributed by atoms with van der Waals surface area (Å²) in [6, 6.07) is 14.0. The topological polar surface area (TPSA) is 63.7 Å². The normalized spacial score (nSPS) is 15.5. The molecule has 0 aliphatic carbocycles. The van der Waals surface area contributed by atoms with Gasteiger partial charge in [-0.2, -0.15) is 0 Å². The largest absolute Gasteiger partial charge is 0.390 e. The Morgan fingerprint density at radius 3 is 2.64 bits per heavy atom. The minimum atomic E-state index is 0.339. The molecule has 2 aromatic rings. The average molecular weight is 336 g/mol. The molecule has 0 bridgehead atoms. The van der Waals surface area contributed by atoms with Crippen molar-refractivity contribution in [1.82, 2.24) is 4.98 Å². The Hall–Kier alpha value is -2.82. The van der Waals surface area contributed by atoms with Crippen molar-refractivity contribution in [3.63, 3.8) is 0 Å². The van der Waals surface area contributed by atoms with Crippen LogP contribution >= 0.6 is 0 Å². The average Bonchev–Trinajstić information content (AvgIpc) is 2.69. The molecule has 1 saturated heterocycles. The zero-order valence-electron chi connectivity index (χ0n) is 14.3. The molecule has 0 unspecified atom stereocenters. The second kappa shape index (κ2) is 8.87. The predicted molar refractivity (Wildman–Crippen MR) is 102 cm³/mol. The minimum Gasteiger partial charge on any atom is -0.390 e. The monoisotopic (exact) mass is 336 g/mol. The number of anilines is 1. The summed E-state index contributed by atoms with van der Waals surface area (Å²) in [7, 11) is 0. The Morgan fingerprint density at radius 2 is 1.92 bits per heavy atom. The smallest absolute Gasteiger partial charge is 0.171 e. The van der Waals surface area contributed by atoms with Crippen molar-refractivity contribution in [3.05, 3.63) is 65.9 Å². The van der Waals surface area contributed by atoms with Crippen LogP contribution < -0.4 is 10.6 Å². The molecule has 1 aliphatic heterocycles. The van der Waals surface area contributed by atoms with E-state index < -0.39 is 0 Å². The Labute approximate surface area is 148 Å². The maximum Gasteiger partial charge on any atom is 0.171 e. The van der Waals surface area contributed by atoms with Crippen LogP contribution in [0.2, 0.25) is 0 Å². The highest BCUT2D eigenvalue weighted by atomic mass is 16.6. The van der Waals surface area contributed by atoms with E-state index in [9.17, 15) is 0 Å². The van der Waals surface area contributed by atoms with Crippen molar-refractivity contribution < 1.29 is 4.84 Å². The van der Waals surface area contributed by atoms with Crippen LogP contribution in [0.3, 0.4) is 0 Å². The summed E-state index contributed by atoms with van der Waals surface area (Å²) < 4.78 is 0. The molecule has 0 radical (unpaired) electrons. The van der Waals surface area contributed by atoms with Gasteiger partial charge in [-0.25, -0.2) is 4.98 Å². The Balaban J connectivity index is 1.50. The maximum absolute atomic E-state index is 5.96. The third-order valence-corrected chi connectivity index (χ3v) is 4.17. The lowest BCUT2D eigenvalue weighted by atomic mass is 10.1. The Kier molecular flexibility index (Phi) is 6.04. The number of pyridine rings is 1. The van der Waals surface area contributed by atoms with E-state index in [2.05, 4.69) is 15.0 Å². The number of oxime groups is 1. The molecule has 0 amide bonds.